The Morgan fingerprint density at radius 2 is 2.18 bits per heavy atom. The van der Waals surface area contributed by atoms with Crippen LogP contribution in [0.3, 0.4) is 0 Å². The van der Waals surface area contributed by atoms with E-state index in [9.17, 15) is 9.90 Å². The molecule has 0 aromatic rings. The zero-order chi connectivity index (χ0) is 12.9. The monoisotopic (exact) mass is 243 g/mol. The molecule has 1 amide bonds. The maximum absolute atomic E-state index is 12.4. The largest absolute Gasteiger partial charge is 0.393 e. The summed E-state index contributed by atoms with van der Waals surface area (Å²) >= 11 is 0. The molecule has 0 aromatic carbocycles. The smallest absolute Gasteiger partial charge is 0.228 e. The van der Waals surface area contributed by atoms with Crippen molar-refractivity contribution in [2.75, 3.05) is 27.3 Å². The zero-order valence-corrected chi connectivity index (χ0v) is 11.2. The molecule has 1 unspecified atom stereocenters. The van der Waals surface area contributed by atoms with Gasteiger partial charge in [-0.05, 0) is 32.6 Å². The van der Waals surface area contributed by atoms with Gasteiger partial charge in [0.1, 0.15) is 0 Å². The summed E-state index contributed by atoms with van der Waals surface area (Å²) in [6, 6.07) is 0. The van der Waals surface area contributed by atoms with E-state index < -0.39 is 0 Å². The summed E-state index contributed by atoms with van der Waals surface area (Å²) in [5.41, 5.74) is -0.177. The zero-order valence-electron chi connectivity index (χ0n) is 11.2. The lowest BCUT2D eigenvalue weighted by Crippen LogP contribution is -2.47. The van der Waals surface area contributed by atoms with Crippen molar-refractivity contribution < 1.29 is 14.6 Å². The highest BCUT2D eigenvalue weighted by Crippen LogP contribution is 2.45. The van der Waals surface area contributed by atoms with Crippen LogP contribution in [-0.2, 0) is 9.53 Å². The Hall–Kier alpha value is -0.610. The molecule has 0 radical (unpaired) electrons. The van der Waals surface area contributed by atoms with Gasteiger partial charge < -0.3 is 14.7 Å². The molecular formula is C13H25NO3. The summed E-state index contributed by atoms with van der Waals surface area (Å²) in [7, 11) is 3.51. The van der Waals surface area contributed by atoms with E-state index >= 15 is 0 Å². The Morgan fingerprint density at radius 3 is 2.59 bits per heavy atom. The Labute approximate surface area is 104 Å². The van der Waals surface area contributed by atoms with Gasteiger partial charge in [-0.15, -0.1) is 0 Å². The first-order chi connectivity index (χ1) is 8.02. The molecule has 1 aliphatic rings. The third-order valence-electron chi connectivity index (χ3n) is 3.78. The summed E-state index contributed by atoms with van der Waals surface area (Å²) in [5, 5.41) is 9.24. The van der Waals surface area contributed by atoms with Gasteiger partial charge in [-0.25, -0.2) is 0 Å². The van der Waals surface area contributed by atoms with Crippen molar-refractivity contribution in [1.82, 2.24) is 4.90 Å². The minimum absolute atomic E-state index is 0.177. The first kappa shape index (κ1) is 14.5. The second-order valence-corrected chi connectivity index (χ2v) is 5.24. The van der Waals surface area contributed by atoms with E-state index in [1.54, 1.807) is 18.9 Å². The van der Waals surface area contributed by atoms with E-state index in [1.165, 1.54) is 0 Å². The van der Waals surface area contributed by atoms with Crippen LogP contribution < -0.4 is 0 Å². The Balaban J connectivity index is 2.47. The molecule has 0 heterocycles. The topological polar surface area (TPSA) is 49.8 Å². The highest BCUT2D eigenvalue weighted by Gasteiger charge is 2.44. The van der Waals surface area contributed by atoms with Crippen molar-refractivity contribution in [2.45, 2.75) is 45.1 Å². The lowest BCUT2D eigenvalue weighted by Gasteiger charge is -2.42. The van der Waals surface area contributed by atoms with Crippen molar-refractivity contribution in [3.05, 3.63) is 0 Å². The van der Waals surface area contributed by atoms with Crippen LogP contribution in [0, 0.1) is 5.41 Å². The van der Waals surface area contributed by atoms with E-state index in [0.717, 1.165) is 25.7 Å². The first-order valence-electron chi connectivity index (χ1n) is 6.44. The van der Waals surface area contributed by atoms with Crippen molar-refractivity contribution in [1.29, 1.82) is 0 Å². The average Bonchev–Trinajstić information content (AvgIpc) is 2.24. The van der Waals surface area contributed by atoms with Gasteiger partial charge in [-0.3, -0.25) is 4.79 Å². The van der Waals surface area contributed by atoms with Gasteiger partial charge in [0.15, 0.2) is 0 Å². The molecule has 0 spiro atoms. The molecule has 0 saturated heterocycles. The molecule has 100 valence electrons. The molecule has 1 aliphatic carbocycles. The van der Waals surface area contributed by atoms with Gasteiger partial charge in [-0.1, -0.05) is 6.42 Å². The number of carbonyl (C=O) groups excluding carboxylic acids is 1. The second kappa shape index (κ2) is 6.36. The summed E-state index contributed by atoms with van der Waals surface area (Å²) in [5.74, 6) is 0.224. The molecule has 0 bridgehead atoms. The number of carbonyl (C=O) groups is 1. The molecule has 1 atom stereocenters. The summed E-state index contributed by atoms with van der Waals surface area (Å²) < 4.78 is 5.09. The highest BCUT2D eigenvalue weighted by atomic mass is 16.5. The first-order valence-corrected chi connectivity index (χ1v) is 6.44. The number of aliphatic hydroxyl groups excluding tert-OH is 1. The van der Waals surface area contributed by atoms with Gasteiger partial charge in [-0.2, -0.15) is 0 Å². The molecule has 0 aromatic heterocycles. The van der Waals surface area contributed by atoms with E-state index in [0.29, 0.717) is 19.6 Å². The maximum Gasteiger partial charge on any atom is 0.228 e. The minimum Gasteiger partial charge on any atom is -0.393 e. The molecule has 17 heavy (non-hydrogen) atoms. The third kappa shape index (κ3) is 3.68. The standard InChI is InChI=1S/C13H25NO3/c1-11(15)5-9-14(2)12(16)13(6-4-7-13)8-10-17-3/h11,15H,4-10H2,1-3H3. The number of rotatable bonds is 7. The van der Waals surface area contributed by atoms with Crippen molar-refractivity contribution in [3.8, 4) is 0 Å². The number of hydrogen-bond donors (Lipinski definition) is 1. The Bertz CT molecular complexity index is 249. The quantitative estimate of drug-likeness (QED) is 0.736. The predicted molar refractivity (Wildman–Crippen MR) is 66.7 cm³/mol. The minimum atomic E-state index is -0.346. The van der Waals surface area contributed by atoms with Crippen molar-refractivity contribution in [3.63, 3.8) is 0 Å². The van der Waals surface area contributed by atoms with E-state index in [-0.39, 0.29) is 17.4 Å². The number of amides is 1. The number of hydrogen-bond acceptors (Lipinski definition) is 3. The van der Waals surface area contributed by atoms with E-state index in [1.807, 2.05) is 7.05 Å². The van der Waals surface area contributed by atoms with Crippen LogP contribution in [0.25, 0.3) is 0 Å². The lowest BCUT2D eigenvalue weighted by molar-refractivity contribution is -0.147. The van der Waals surface area contributed by atoms with Crippen LogP contribution in [-0.4, -0.2) is 49.3 Å². The number of ether oxygens (including phenoxy) is 1. The van der Waals surface area contributed by atoms with Gasteiger partial charge in [0.05, 0.1) is 11.5 Å². The van der Waals surface area contributed by atoms with Crippen LogP contribution in [0.2, 0.25) is 0 Å². The SMILES string of the molecule is COCCC1(C(=O)N(C)CCC(C)O)CCC1. The highest BCUT2D eigenvalue weighted by molar-refractivity contribution is 5.83. The molecule has 4 nitrogen and oxygen atoms in total. The number of nitrogens with zero attached hydrogens (tertiary/aromatic N) is 1. The fraction of sp³-hybridized carbons (Fsp3) is 0.923. The third-order valence-corrected chi connectivity index (χ3v) is 3.78. The fourth-order valence-corrected chi connectivity index (χ4v) is 2.36. The summed E-state index contributed by atoms with van der Waals surface area (Å²) in [6.07, 6.45) is 4.22. The average molecular weight is 243 g/mol. The molecule has 1 rings (SSSR count). The van der Waals surface area contributed by atoms with Crippen LogP contribution in [0.15, 0.2) is 0 Å². The second-order valence-electron chi connectivity index (χ2n) is 5.24. The molecule has 4 heteroatoms. The van der Waals surface area contributed by atoms with Crippen LogP contribution in [0.1, 0.15) is 39.0 Å². The van der Waals surface area contributed by atoms with Gasteiger partial charge in [0, 0.05) is 27.3 Å². The lowest BCUT2D eigenvalue weighted by atomic mass is 9.66. The Morgan fingerprint density at radius 1 is 1.53 bits per heavy atom. The van der Waals surface area contributed by atoms with Crippen LogP contribution in [0.5, 0.6) is 0 Å². The molecule has 1 N–H and O–H groups in total. The Kier molecular flexibility index (Phi) is 5.40. The molecule has 1 saturated carbocycles. The molecule has 1 fully saturated rings. The van der Waals surface area contributed by atoms with Gasteiger partial charge in [0.25, 0.3) is 0 Å². The van der Waals surface area contributed by atoms with Crippen LogP contribution in [0.4, 0.5) is 0 Å². The van der Waals surface area contributed by atoms with Gasteiger partial charge >= 0.3 is 0 Å². The van der Waals surface area contributed by atoms with Gasteiger partial charge in [0.2, 0.25) is 5.91 Å². The van der Waals surface area contributed by atoms with E-state index in [4.69, 9.17) is 4.74 Å². The summed E-state index contributed by atoms with van der Waals surface area (Å²) in [6.45, 7) is 3.03. The van der Waals surface area contributed by atoms with Crippen LogP contribution >= 0.6 is 0 Å². The number of aliphatic hydroxyl groups is 1. The van der Waals surface area contributed by atoms with Crippen molar-refractivity contribution >= 4 is 5.91 Å². The normalized spacial score (nSPS) is 19.5. The number of methoxy groups -OCH3 is 1. The van der Waals surface area contributed by atoms with E-state index in [2.05, 4.69) is 0 Å². The summed E-state index contributed by atoms with van der Waals surface area (Å²) in [4.78, 5) is 14.1. The fourth-order valence-electron chi connectivity index (χ4n) is 2.36. The molecule has 0 aliphatic heterocycles. The predicted octanol–water partition coefficient (Wildman–Crippen LogP) is 1.42. The maximum atomic E-state index is 12.4. The molecular weight excluding hydrogens is 218 g/mol. The van der Waals surface area contributed by atoms with Crippen molar-refractivity contribution in [2.24, 2.45) is 5.41 Å².